The van der Waals surface area contributed by atoms with Crippen molar-refractivity contribution in [1.82, 2.24) is 5.32 Å². The van der Waals surface area contributed by atoms with E-state index in [1.807, 2.05) is 0 Å². The molecule has 1 atom stereocenters. The van der Waals surface area contributed by atoms with Gasteiger partial charge in [-0.3, -0.25) is 4.79 Å². The van der Waals surface area contributed by atoms with Gasteiger partial charge in [0.05, 0.1) is 0 Å². The van der Waals surface area contributed by atoms with Gasteiger partial charge in [0.1, 0.15) is 6.04 Å². The van der Waals surface area contributed by atoms with Crippen LogP contribution in [0.15, 0.2) is 0 Å². The second-order valence-corrected chi connectivity index (χ2v) is 4.09. The van der Waals surface area contributed by atoms with Gasteiger partial charge in [-0.15, -0.1) is 0 Å². The van der Waals surface area contributed by atoms with Crippen molar-refractivity contribution in [3.05, 3.63) is 0 Å². The quantitative estimate of drug-likeness (QED) is 0.551. The lowest BCUT2D eigenvalue weighted by Crippen LogP contribution is -2.33. The average molecular weight is 215 g/mol. The molecule has 0 aromatic rings. The molecule has 15 heavy (non-hydrogen) atoms. The summed E-state index contributed by atoms with van der Waals surface area (Å²) >= 11 is 0. The zero-order valence-corrected chi connectivity index (χ0v) is 10.1. The summed E-state index contributed by atoms with van der Waals surface area (Å²) in [5, 5.41) is 11.6. The SMILES string of the molecule is CCCCCCCCCC(NC)C(=O)O. The van der Waals surface area contributed by atoms with E-state index >= 15 is 0 Å². The molecule has 0 rings (SSSR count). The Morgan fingerprint density at radius 1 is 1.13 bits per heavy atom. The number of unbranched alkanes of at least 4 members (excludes halogenated alkanes) is 6. The van der Waals surface area contributed by atoms with Gasteiger partial charge in [0, 0.05) is 0 Å². The molecule has 0 aliphatic heterocycles. The third kappa shape index (κ3) is 8.43. The summed E-state index contributed by atoms with van der Waals surface area (Å²) in [7, 11) is 1.71. The smallest absolute Gasteiger partial charge is 0.320 e. The van der Waals surface area contributed by atoms with E-state index in [1.165, 1.54) is 32.1 Å². The van der Waals surface area contributed by atoms with Crippen molar-refractivity contribution in [1.29, 1.82) is 0 Å². The van der Waals surface area contributed by atoms with E-state index in [0.717, 1.165) is 19.3 Å². The van der Waals surface area contributed by atoms with E-state index in [2.05, 4.69) is 12.2 Å². The van der Waals surface area contributed by atoms with Crippen molar-refractivity contribution in [2.75, 3.05) is 7.05 Å². The maximum atomic E-state index is 10.7. The lowest BCUT2D eigenvalue weighted by Gasteiger charge is -2.10. The summed E-state index contributed by atoms with van der Waals surface area (Å²) in [6.07, 6.45) is 9.40. The second-order valence-electron chi connectivity index (χ2n) is 4.09. The summed E-state index contributed by atoms with van der Waals surface area (Å²) in [4.78, 5) is 10.7. The van der Waals surface area contributed by atoms with Crippen LogP contribution in [0.3, 0.4) is 0 Å². The molecule has 1 unspecified atom stereocenters. The molecule has 2 N–H and O–H groups in total. The summed E-state index contributed by atoms with van der Waals surface area (Å²) < 4.78 is 0. The highest BCUT2D eigenvalue weighted by atomic mass is 16.4. The Bertz CT molecular complexity index is 160. The van der Waals surface area contributed by atoms with Crippen LogP contribution in [0.1, 0.15) is 58.3 Å². The standard InChI is InChI=1S/C12H25NO2/c1-3-4-5-6-7-8-9-10-11(13-2)12(14)15/h11,13H,3-10H2,1-2H3,(H,14,15). The van der Waals surface area contributed by atoms with Gasteiger partial charge in [0.2, 0.25) is 0 Å². The minimum atomic E-state index is -0.733. The first-order valence-electron chi connectivity index (χ1n) is 6.12. The van der Waals surface area contributed by atoms with Gasteiger partial charge in [0.15, 0.2) is 0 Å². The van der Waals surface area contributed by atoms with Crippen molar-refractivity contribution in [3.8, 4) is 0 Å². The zero-order chi connectivity index (χ0) is 11.5. The molecular weight excluding hydrogens is 190 g/mol. The molecule has 3 heteroatoms. The van der Waals surface area contributed by atoms with E-state index in [0.29, 0.717) is 0 Å². The number of carboxylic acids is 1. The summed E-state index contributed by atoms with van der Waals surface area (Å²) in [5.41, 5.74) is 0. The molecule has 90 valence electrons. The van der Waals surface area contributed by atoms with Crippen LogP contribution in [-0.4, -0.2) is 24.2 Å². The first kappa shape index (κ1) is 14.4. The summed E-state index contributed by atoms with van der Waals surface area (Å²) in [5.74, 6) is -0.733. The van der Waals surface area contributed by atoms with E-state index in [-0.39, 0.29) is 6.04 Å². The molecule has 0 aromatic carbocycles. The van der Waals surface area contributed by atoms with Crippen LogP contribution in [0.25, 0.3) is 0 Å². The molecule has 0 radical (unpaired) electrons. The van der Waals surface area contributed by atoms with Crippen molar-refractivity contribution in [2.45, 2.75) is 64.3 Å². The lowest BCUT2D eigenvalue weighted by molar-refractivity contribution is -0.139. The highest BCUT2D eigenvalue weighted by Gasteiger charge is 2.13. The average Bonchev–Trinajstić information content (AvgIpc) is 2.21. The van der Waals surface area contributed by atoms with E-state index in [9.17, 15) is 4.79 Å². The Morgan fingerprint density at radius 2 is 1.67 bits per heavy atom. The summed E-state index contributed by atoms with van der Waals surface area (Å²) in [6.45, 7) is 2.21. The fourth-order valence-electron chi connectivity index (χ4n) is 1.70. The van der Waals surface area contributed by atoms with Crippen molar-refractivity contribution in [2.24, 2.45) is 0 Å². The van der Waals surface area contributed by atoms with Crippen molar-refractivity contribution in [3.63, 3.8) is 0 Å². The highest BCUT2D eigenvalue weighted by molar-refractivity contribution is 5.73. The Kier molecular flexibility index (Phi) is 9.59. The topological polar surface area (TPSA) is 49.3 Å². The predicted octanol–water partition coefficient (Wildman–Crippen LogP) is 2.80. The number of carbonyl (C=O) groups is 1. The van der Waals surface area contributed by atoms with Gasteiger partial charge in [0.25, 0.3) is 0 Å². The fraction of sp³-hybridized carbons (Fsp3) is 0.917. The van der Waals surface area contributed by atoms with Gasteiger partial charge in [-0.05, 0) is 13.5 Å². The zero-order valence-electron chi connectivity index (χ0n) is 10.1. The number of hydrogen-bond donors (Lipinski definition) is 2. The minimum Gasteiger partial charge on any atom is -0.480 e. The monoisotopic (exact) mass is 215 g/mol. The Labute approximate surface area is 93.3 Å². The van der Waals surface area contributed by atoms with Crippen LogP contribution < -0.4 is 5.32 Å². The number of rotatable bonds is 10. The van der Waals surface area contributed by atoms with Crippen molar-refractivity contribution >= 4 is 5.97 Å². The molecule has 0 heterocycles. The Morgan fingerprint density at radius 3 is 2.13 bits per heavy atom. The third-order valence-corrected chi connectivity index (χ3v) is 2.74. The third-order valence-electron chi connectivity index (χ3n) is 2.74. The van der Waals surface area contributed by atoms with Gasteiger partial charge < -0.3 is 10.4 Å². The molecule has 0 aromatic heterocycles. The van der Waals surface area contributed by atoms with Gasteiger partial charge in [-0.1, -0.05) is 51.9 Å². The maximum absolute atomic E-state index is 10.7. The van der Waals surface area contributed by atoms with Crippen LogP contribution in [0.4, 0.5) is 0 Å². The molecule has 0 bridgehead atoms. The highest BCUT2D eigenvalue weighted by Crippen LogP contribution is 2.09. The Balaban J connectivity index is 3.25. The first-order chi connectivity index (χ1) is 7.22. The molecule has 0 saturated carbocycles. The number of aliphatic carboxylic acids is 1. The minimum absolute atomic E-state index is 0.361. The predicted molar refractivity (Wildman–Crippen MR) is 63.1 cm³/mol. The van der Waals surface area contributed by atoms with Gasteiger partial charge >= 0.3 is 5.97 Å². The van der Waals surface area contributed by atoms with Crippen LogP contribution in [0.2, 0.25) is 0 Å². The van der Waals surface area contributed by atoms with Crippen LogP contribution in [0, 0.1) is 0 Å². The van der Waals surface area contributed by atoms with Gasteiger partial charge in [-0.25, -0.2) is 0 Å². The number of hydrogen-bond acceptors (Lipinski definition) is 2. The van der Waals surface area contributed by atoms with Crippen molar-refractivity contribution < 1.29 is 9.90 Å². The molecule has 0 fully saturated rings. The van der Waals surface area contributed by atoms with Crippen LogP contribution >= 0.6 is 0 Å². The maximum Gasteiger partial charge on any atom is 0.320 e. The number of carboxylic acid groups (broad SMARTS) is 1. The Hall–Kier alpha value is -0.570. The molecule has 0 saturated heterocycles. The summed E-state index contributed by atoms with van der Waals surface area (Å²) in [6, 6.07) is -0.361. The van der Waals surface area contributed by atoms with Crippen LogP contribution in [-0.2, 0) is 4.79 Å². The normalized spacial score (nSPS) is 12.7. The molecule has 0 aliphatic carbocycles. The fourth-order valence-corrected chi connectivity index (χ4v) is 1.70. The molecular formula is C12H25NO2. The molecule has 0 amide bonds. The lowest BCUT2D eigenvalue weighted by atomic mass is 10.1. The number of likely N-dealkylation sites (N-methyl/N-ethyl adjacent to an activating group) is 1. The second kappa shape index (κ2) is 9.97. The first-order valence-corrected chi connectivity index (χ1v) is 6.12. The molecule has 0 aliphatic rings. The van der Waals surface area contributed by atoms with E-state index < -0.39 is 5.97 Å². The van der Waals surface area contributed by atoms with Gasteiger partial charge in [-0.2, -0.15) is 0 Å². The largest absolute Gasteiger partial charge is 0.480 e. The van der Waals surface area contributed by atoms with Crippen LogP contribution in [0.5, 0.6) is 0 Å². The van der Waals surface area contributed by atoms with E-state index in [1.54, 1.807) is 7.05 Å². The van der Waals surface area contributed by atoms with E-state index in [4.69, 9.17) is 5.11 Å². The number of nitrogens with one attached hydrogen (secondary N) is 1. The molecule has 0 spiro atoms. The molecule has 3 nitrogen and oxygen atoms in total.